The van der Waals surface area contributed by atoms with Crippen molar-refractivity contribution < 1.29 is 4.74 Å². The number of rotatable bonds is 7. The van der Waals surface area contributed by atoms with Crippen LogP contribution in [0.15, 0.2) is 18.3 Å². The van der Waals surface area contributed by atoms with Gasteiger partial charge in [-0.1, -0.05) is 6.92 Å². The van der Waals surface area contributed by atoms with Crippen LogP contribution in [0.1, 0.15) is 26.2 Å². The minimum Gasteiger partial charge on any atom is -0.490 e. The first-order chi connectivity index (χ1) is 7.88. The van der Waals surface area contributed by atoms with Gasteiger partial charge in [-0.05, 0) is 25.0 Å². The highest BCUT2D eigenvalue weighted by molar-refractivity contribution is 5.49. The van der Waals surface area contributed by atoms with Gasteiger partial charge in [0.25, 0.3) is 0 Å². The van der Waals surface area contributed by atoms with Crippen LogP contribution >= 0.6 is 0 Å². The van der Waals surface area contributed by atoms with Crippen LogP contribution in [0.5, 0.6) is 5.75 Å². The Kier molecular flexibility index (Phi) is 5.87. The average Bonchev–Trinajstić information content (AvgIpc) is 2.33. The maximum Gasteiger partial charge on any atom is 0.168 e. The second kappa shape index (κ2) is 7.58. The highest BCUT2D eigenvalue weighted by Crippen LogP contribution is 2.20. The molecule has 1 N–H and O–H groups in total. The first kappa shape index (κ1) is 12.4. The maximum absolute atomic E-state index is 5.58. The molecule has 0 amide bonds. The fraction of sp³-hybridized carbons (Fsp3) is 0.462. The molecule has 86 valence electrons. The molecule has 1 aromatic heterocycles. The average molecular weight is 218 g/mol. The summed E-state index contributed by atoms with van der Waals surface area (Å²) in [7, 11) is 0. The van der Waals surface area contributed by atoms with Gasteiger partial charge in [0.15, 0.2) is 11.6 Å². The number of hydrogen-bond donors (Lipinski definition) is 1. The molecule has 1 rings (SSSR count). The summed E-state index contributed by atoms with van der Waals surface area (Å²) in [5.74, 6) is 4.22. The van der Waals surface area contributed by atoms with E-state index in [-0.39, 0.29) is 0 Å². The van der Waals surface area contributed by atoms with Gasteiger partial charge in [0.2, 0.25) is 0 Å². The van der Waals surface area contributed by atoms with Crippen LogP contribution in [-0.2, 0) is 0 Å². The van der Waals surface area contributed by atoms with Crippen LogP contribution in [0.25, 0.3) is 0 Å². The van der Waals surface area contributed by atoms with Crippen molar-refractivity contribution >= 4 is 5.82 Å². The molecule has 0 aliphatic carbocycles. The monoisotopic (exact) mass is 218 g/mol. The summed E-state index contributed by atoms with van der Waals surface area (Å²) in [5, 5.41) is 3.23. The van der Waals surface area contributed by atoms with Crippen LogP contribution in [-0.4, -0.2) is 18.1 Å². The lowest BCUT2D eigenvalue weighted by Gasteiger charge is -2.10. The molecule has 16 heavy (non-hydrogen) atoms. The topological polar surface area (TPSA) is 34.2 Å². The number of aromatic nitrogens is 1. The van der Waals surface area contributed by atoms with Gasteiger partial charge in [0.1, 0.15) is 0 Å². The van der Waals surface area contributed by atoms with Crippen LogP contribution in [0.4, 0.5) is 5.82 Å². The molecule has 0 radical (unpaired) electrons. The van der Waals surface area contributed by atoms with E-state index in [4.69, 9.17) is 11.2 Å². The van der Waals surface area contributed by atoms with Crippen LogP contribution in [0.2, 0.25) is 0 Å². The molecule has 0 bridgehead atoms. The van der Waals surface area contributed by atoms with Gasteiger partial charge in [-0.25, -0.2) is 4.98 Å². The number of terminal acetylenes is 1. The zero-order chi connectivity index (χ0) is 11.6. The lowest BCUT2D eigenvalue weighted by molar-refractivity contribution is 0.318. The van der Waals surface area contributed by atoms with Crippen molar-refractivity contribution in [2.24, 2.45) is 0 Å². The molecule has 3 nitrogen and oxygen atoms in total. The van der Waals surface area contributed by atoms with E-state index in [1.54, 1.807) is 6.20 Å². The molecule has 0 fully saturated rings. The number of nitrogens with zero attached hydrogens (tertiary/aromatic N) is 1. The number of pyridine rings is 1. The molecule has 0 atom stereocenters. The molecule has 0 aromatic carbocycles. The van der Waals surface area contributed by atoms with Gasteiger partial charge in [-0.2, -0.15) is 0 Å². The molecular weight excluding hydrogens is 200 g/mol. The quantitative estimate of drug-likeness (QED) is 0.564. The summed E-state index contributed by atoms with van der Waals surface area (Å²) < 4.78 is 5.58. The zero-order valence-electron chi connectivity index (χ0n) is 9.70. The normalized spacial score (nSPS) is 9.50. The molecule has 0 saturated heterocycles. The third-order valence-electron chi connectivity index (χ3n) is 2.02. The van der Waals surface area contributed by atoms with Crippen molar-refractivity contribution in [1.29, 1.82) is 0 Å². The Morgan fingerprint density at radius 1 is 1.56 bits per heavy atom. The summed E-state index contributed by atoms with van der Waals surface area (Å²) in [4.78, 5) is 4.24. The predicted octanol–water partition coefficient (Wildman–Crippen LogP) is 2.70. The maximum atomic E-state index is 5.58. The number of ether oxygens (including phenoxy) is 1. The second-order valence-corrected chi connectivity index (χ2v) is 3.43. The Morgan fingerprint density at radius 3 is 3.19 bits per heavy atom. The first-order valence-electron chi connectivity index (χ1n) is 5.63. The van der Waals surface area contributed by atoms with E-state index in [0.29, 0.717) is 6.61 Å². The Hall–Kier alpha value is -1.69. The van der Waals surface area contributed by atoms with Gasteiger partial charge in [0.05, 0.1) is 6.61 Å². The lowest BCUT2D eigenvalue weighted by atomic mass is 10.3. The third kappa shape index (κ3) is 4.22. The van der Waals surface area contributed by atoms with Crippen molar-refractivity contribution in [3.8, 4) is 18.1 Å². The van der Waals surface area contributed by atoms with E-state index in [1.165, 1.54) is 0 Å². The van der Waals surface area contributed by atoms with Crippen LogP contribution in [0, 0.1) is 12.3 Å². The molecule has 0 spiro atoms. The number of nitrogens with one attached hydrogen (secondary N) is 1. The Bertz CT molecular complexity index is 344. The van der Waals surface area contributed by atoms with E-state index in [9.17, 15) is 0 Å². The molecular formula is C13H18N2O. The van der Waals surface area contributed by atoms with E-state index in [0.717, 1.165) is 37.4 Å². The number of hydrogen-bond acceptors (Lipinski definition) is 3. The standard InChI is InChI=1S/C13H18N2O/c1-3-5-6-9-14-13-12(16-11-4-2)8-7-10-15-13/h1,7-8,10H,4-6,9,11H2,2H3,(H,14,15). The van der Waals surface area contributed by atoms with E-state index in [2.05, 4.69) is 23.1 Å². The SMILES string of the molecule is C#CCCCNc1ncccc1OCCC. The Balaban J connectivity index is 2.47. The summed E-state index contributed by atoms with van der Waals surface area (Å²) in [6, 6.07) is 3.80. The summed E-state index contributed by atoms with van der Waals surface area (Å²) >= 11 is 0. The third-order valence-corrected chi connectivity index (χ3v) is 2.02. The van der Waals surface area contributed by atoms with Crippen molar-refractivity contribution in [2.75, 3.05) is 18.5 Å². The van der Waals surface area contributed by atoms with Crippen molar-refractivity contribution in [3.05, 3.63) is 18.3 Å². The zero-order valence-corrected chi connectivity index (χ0v) is 9.70. The van der Waals surface area contributed by atoms with Crippen LogP contribution in [0.3, 0.4) is 0 Å². The van der Waals surface area contributed by atoms with Gasteiger partial charge >= 0.3 is 0 Å². The fourth-order valence-corrected chi connectivity index (χ4v) is 1.25. The summed E-state index contributed by atoms with van der Waals surface area (Å²) in [5.41, 5.74) is 0. The summed E-state index contributed by atoms with van der Waals surface area (Å²) in [6.45, 7) is 3.62. The fourth-order valence-electron chi connectivity index (χ4n) is 1.25. The molecule has 1 aromatic rings. The molecule has 0 saturated carbocycles. The molecule has 0 aliphatic heterocycles. The largest absolute Gasteiger partial charge is 0.490 e. The summed E-state index contributed by atoms with van der Waals surface area (Å²) in [6.07, 6.45) is 9.66. The van der Waals surface area contributed by atoms with Crippen molar-refractivity contribution in [1.82, 2.24) is 4.98 Å². The van der Waals surface area contributed by atoms with Crippen molar-refractivity contribution in [2.45, 2.75) is 26.2 Å². The minimum atomic E-state index is 0.713. The van der Waals surface area contributed by atoms with E-state index >= 15 is 0 Å². The van der Waals surface area contributed by atoms with E-state index < -0.39 is 0 Å². The number of anilines is 1. The minimum absolute atomic E-state index is 0.713. The molecule has 0 aliphatic rings. The highest BCUT2D eigenvalue weighted by Gasteiger charge is 2.02. The Morgan fingerprint density at radius 2 is 2.44 bits per heavy atom. The van der Waals surface area contributed by atoms with E-state index in [1.807, 2.05) is 12.1 Å². The first-order valence-corrected chi connectivity index (χ1v) is 5.63. The number of unbranched alkanes of at least 4 members (excludes halogenated alkanes) is 1. The lowest BCUT2D eigenvalue weighted by Crippen LogP contribution is -2.06. The van der Waals surface area contributed by atoms with Gasteiger partial charge in [-0.15, -0.1) is 12.3 Å². The van der Waals surface area contributed by atoms with Gasteiger partial charge < -0.3 is 10.1 Å². The second-order valence-electron chi connectivity index (χ2n) is 3.43. The van der Waals surface area contributed by atoms with Gasteiger partial charge in [0, 0.05) is 19.2 Å². The van der Waals surface area contributed by atoms with Crippen molar-refractivity contribution in [3.63, 3.8) is 0 Å². The molecule has 1 heterocycles. The highest BCUT2D eigenvalue weighted by atomic mass is 16.5. The Labute approximate surface area is 97.2 Å². The van der Waals surface area contributed by atoms with Gasteiger partial charge in [-0.3, -0.25) is 0 Å². The smallest absolute Gasteiger partial charge is 0.168 e. The molecule has 3 heteroatoms. The predicted molar refractivity (Wildman–Crippen MR) is 66.6 cm³/mol. The molecule has 0 unspecified atom stereocenters. The van der Waals surface area contributed by atoms with Crippen LogP contribution < -0.4 is 10.1 Å².